The van der Waals surface area contributed by atoms with Crippen LogP contribution in [0.5, 0.6) is 0 Å². The third-order valence-electron chi connectivity index (χ3n) is 5.62. The van der Waals surface area contributed by atoms with Crippen molar-refractivity contribution in [3.05, 3.63) is 76.0 Å². The van der Waals surface area contributed by atoms with E-state index < -0.39 is 5.92 Å². The average Bonchev–Trinajstić information content (AvgIpc) is 2.77. The number of ketones is 1. The van der Waals surface area contributed by atoms with Crippen LogP contribution < -0.4 is 5.32 Å². The molecule has 0 radical (unpaired) electrons. The maximum absolute atomic E-state index is 12.8. The Morgan fingerprint density at radius 3 is 2.75 bits per heavy atom. The van der Waals surface area contributed by atoms with Crippen molar-refractivity contribution in [3.63, 3.8) is 0 Å². The van der Waals surface area contributed by atoms with Crippen LogP contribution in [0.2, 0.25) is 5.02 Å². The first-order valence-electron chi connectivity index (χ1n) is 10.5. The number of allylic oxidation sites excluding steroid dienone is 2. The molecule has 0 fully saturated rings. The van der Waals surface area contributed by atoms with Gasteiger partial charge in [0.1, 0.15) is 5.92 Å². The molecular formula is C25H22ClN3O2S. The van der Waals surface area contributed by atoms with Crippen molar-refractivity contribution >= 4 is 45.8 Å². The number of nitrogens with zero attached hydrogens (tertiary/aromatic N) is 2. The molecule has 0 saturated carbocycles. The standard InChI is InChI=1S/C25H22ClN3O2S/c1-15-8-10-16(11-9-15)23-19(13-27)25(29-20-6-3-7-21(30)24(20)23)32-14-22(31)28-18-5-2-4-17(26)12-18/h2,4-5,8-12,19,23H,3,6-7,14H2,1H3,(H,28,31)/t19?,23-/m1/s1. The smallest absolute Gasteiger partial charge is 0.234 e. The summed E-state index contributed by atoms with van der Waals surface area (Å²) in [5.41, 5.74) is 4.09. The molecule has 0 aromatic heterocycles. The summed E-state index contributed by atoms with van der Waals surface area (Å²) in [4.78, 5) is 30.0. The molecule has 32 heavy (non-hydrogen) atoms. The third-order valence-corrected chi connectivity index (χ3v) is 6.90. The molecule has 4 rings (SSSR count). The van der Waals surface area contributed by atoms with E-state index in [0.29, 0.717) is 34.2 Å². The highest BCUT2D eigenvalue weighted by Gasteiger charge is 2.40. The lowest BCUT2D eigenvalue weighted by atomic mass is 9.74. The lowest BCUT2D eigenvalue weighted by Crippen LogP contribution is -2.31. The van der Waals surface area contributed by atoms with Gasteiger partial charge < -0.3 is 5.32 Å². The number of amides is 1. The summed E-state index contributed by atoms with van der Waals surface area (Å²) >= 11 is 7.24. The molecule has 0 bridgehead atoms. The maximum Gasteiger partial charge on any atom is 0.234 e. The SMILES string of the molecule is Cc1ccc([C@H]2C3=C(CCCC3=O)N=C(SCC(=O)Nc3cccc(Cl)c3)C2C#N)cc1. The Labute approximate surface area is 196 Å². The largest absolute Gasteiger partial charge is 0.325 e. The Morgan fingerprint density at radius 2 is 2.03 bits per heavy atom. The monoisotopic (exact) mass is 463 g/mol. The van der Waals surface area contributed by atoms with Crippen LogP contribution in [0.4, 0.5) is 5.69 Å². The highest BCUT2D eigenvalue weighted by Crippen LogP contribution is 2.44. The molecule has 162 valence electrons. The number of anilines is 1. The zero-order valence-electron chi connectivity index (χ0n) is 17.6. The first kappa shape index (κ1) is 22.3. The van der Waals surface area contributed by atoms with Gasteiger partial charge in [-0.2, -0.15) is 5.26 Å². The van der Waals surface area contributed by atoms with Crippen molar-refractivity contribution in [1.29, 1.82) is 5.26 Å². The minimum Gasteiger partial charge on any atom is -0.325 e. The lowest BCUT2D eigenvalue weighted by molar-refractivity contribution is -0.116. The minimum absolute atomic E-state index is 0.0728. The van der Waals surface area contributed by atoms with E-state index in [0.717, 1.165) is 23.2 Å². The number of hydrogen-bond acceptors (Lipinski definition) is 5. The summed E-state index contributed by atoms with van der Waals surface area (Å²) < 4.78 is 0. The van der Waals surface area contributed by atoms with Crippen LogP contribution in [-0.4, -0.2) is 22.5 Å². The highest BCUT2D eigenvalue weighted by atomic mass is 35.5. The molecule has 2 aliphatic rings. The van der Waals surface area contributed by atoms with Crippen LogP contribution in [0.25, 0.3) is 0 Å². The molecule has 2 atom stereocenters. The number of halogens is 1. The molecule has 1 aliphatic heterocycles. The molecule has 1 aliphatic carbocycles. The molecule has 2 aromatic rings. The number of carbonyl (C=O) groups excluding carboxylic acids is 2. The Balaban J connectivity index is 1.60. The topological polar surface area (TPSA) is 82.3 Å². The van der Waals surface area contributed by atoms with Gasteiger partial charge in [0.25, 0.3) is 0 Å². The summed E-state index contributed by atoms with van der Waals surface area (Å²) in [6, 6.07) is 17.3. The maximum atomic E-state index is 12.8. The van der Waals surface area contributed by atoms with Crippen LogP contribution in [0.1, 0.15) is 36.3 Å². The Morgan fingerprint density at radius 1 is 1.25 bits per heavy atom. The van der Waals surface area contributed by atoms with Gasteiger partial charge in [-0.15, -0.1) is 0 Å². The fourth-order valence-corrected chi connectivity index (χ4v) is 5.20. The second-order valence-electron chi connectivity index (χ2n) is 7.93. The quantitative estimate of drug-likeness (QED) is 0.633. The van der Waals surface area contributed by atoms with Crippen molar-refractivity contribution in [1.82, 2.24) is 0 Å². The molecule has 2 aromatic carbocycles. The van der Waals surface area contributed by atoms with Crippen molar-refractivity contribution in [2.75, 3.05) is 11.1 Å². The van der Waals surface area contributed by atoms with E-state index in [1.165, 1.54) is 11.8 Å². The van der Waals surface area contributed by atoms with Gasteiger partial charge in [-0.3, -0.25) is 9.59 Å². The second-order valence-corrected chi connectivity index (χ2v) is 9.36. The van der Waals surface area contributed by atoms with Crippen molar-refractivity contribution in [2.45, 2.75) is 32.1 Å². The summed E-state index contributed by atoms with van der Waals surface area (Å²) in [6.07, 6.45) is 1.95. The average molecular weight is 464 g/mol. The Hall–Kier alpha value is -2.88. The predicted molar refractivity (Wildman–Crippen MR) is 129 cm³/mol. The van der Waals surface area contributed by atoms with Crippen LogP contribution in [0, 0.1) is 24.2 Å². The first-order chi connectivity index (χ1) is 15.5. The molecule has 1 amide bonds. The Kier molecular flexibility index (Phi) is 6.78. The van der Waals surface area contributed by atoms with E-state index in [-0.39, 0.29) is 23.4 Å². The summed E-state index contributed by atoms with van der Waals surface area (Å²) in [7, 11) is 0. The van der Waals surface area contributed by atoms with Gasteiger partial charge in [0, 0.05) is 34.3 Å². The molecule has 0 spiro atoms. The number of aryl methyl sites for hydroxylation is 1. The summed E-state index contributed by atoms with van der Waals surface area (Å²) in [5.74, 6) is -0.991. The number of aliphatic imine (C=N–C) groups is 1. The molecule has 0 saturated heterocycles. The van der Waals surface area contributed by atoms with E-state index in [4.69, 9.17) is 16.6 Å². The zero-order valence-corrected chi connectivity index (χ0v) is 19.2. The fourth-order valence-electron chi connectivity index (χ4n) is 4.12. The fraction of sp³-hybridized carbons (Fsp3) is 0.280. The number of benzene rings is 2. The van der Waals surface area contributed by atoms with Gasteiger partial charge >= 0.3 is 0 Å². The van der Waals surface area contributed by atoms with Crippen molar-refractivity contribution in [2.24, 2.45) is 10.9 Å². The van der Waals surface area contributed by atoms with Crippen LogP contribution in [0.15, 0.2) is 64.8 Å². The molecule has 5 nitrogen and oxygen atoms in total. The van der Waals surface area contributed by atoms with Crippen LogP contribution in [0.3, 0.4) is 0 Å². The van der Waals surface area contributed by atoms with Crippen molar-refractivity contribution < 1.29 is 9.59 Å². The predicted octanol–water partition coefficient (Wildman–Crippen LogP) is 5.66. The number of nitriles is 1. The Bertz CT molecular complexity index is 1160. The van der Waals surface area contributed by atoms with Gasteiger partial charge in [0.05, 0.1) is 16.9 Å². The van der Waals surface area contributed by atoms with E-state index in [1.54, 1.807) is 24.3 Å². The molecule has 7 heteroatoms. The number of rotatable bonds is 4. The molecule has 1 N–H and O–H groups in total. The zero-order chi connectivity index (χ0) is 22.7. The van der Waals surface area contributed by atoms with E-state index >= 15 is 0 Å². The lowest BCUT2D eigenvalue weighted by Gasteiger charge is -2.33. The van der Waals surface area contributed by atoms with Crippen molar-refractivity contribution in [3.8, 4) is 6.07 Å². The van der Waals surface area contributed by atoms with Gasteiger partial charge in [0.2, 0.25) is 5.91 Å². The number of thioether (sulfide) groups is 1. The third kappa shape index (κ3) is 4.79. The first-order valence-corrected chi connectivity index (χ1v) is 11.8. The van der Waals surface area contributed by atoms with Gasteiger partial charge in [-0.25, -0.2) is 4.99 Å². The number of nitrogens with one attached hydrogen (secondary N) is 1. The van der Waals surface area contributed by atoms with Crippen LogP contribution >= 0.6 is 23.4 Å². The second kappa shape index (κ2) is 9.72. The number of hydrogen-bond donors (Lipinski definition) is 1. The van der Waals surface area contributed by atoms with Crippen LogP contribution in [-0.2, 0) is 9.59 Å². The number of Topliss-reactive ketones (excluding diaryl/α,β-unsaturated/α-hetero) is 1. The van der Waals surface area contributed by atoms with Gasteiger partial charge in [0.15, 0.2) is 5.78 Å². The minimum atomic E-state index is -0.609. The summed E-state index contributed by atoms with van der Waals surface area (Å²) in [6.45, 7) is 2.00. The van der Waals surface area contributed by atoms with E-state index in [9.17, 15) is 14.9 Å². The highest BCUT2D eigenvalue weighted by molar-refractivity contribution is 8.14. The van der Waals surface area contributed by atoms with Gasteiger partial charge in [-0.05, 0) is 43.5 Å². The van der Waals surface area contributed by atoms with E-state index in [1.807, 2.05) is 31.2 Å². The normalized spacial score (nSPS) is 20.3. The molecule has 1 unspecified atom stereocenters. The van der Waals surface area contributed by atoms with E-state index in [2.05, 4.69) is 11.4 Å². The molecular weight excluding hydrogens is 442 g/mol. The summed E-state index contributed by atoms with van der Waals surface area (Å²) in [5, 5.41) is 14.0. The number of carbonyl (C=O) groups is 2. The molecule has 1 heterocycles. The van der Waals surface area contributed by atoms with Gasteiger partial charge in [-0.1, -0.05) is 59.3 Å².